The normalized spacial score (nSPS) is 13.0. The summed E-state index contributed by atoms with van der Waals surface area (Å²) in [4.78, 5) is 0. The van der Waals surface area contributed by atoms with Gasteiger partial charge in [0, 0.05) is 7.11 Å². The van der Waals surface area contributed by atoms with Crippen LogP contribution in [0.1, 0.15) is 13.8 Å². The van der Waals surface area contributed by atoms with Gasteiger partial charge in [0.15, 0.2) is 0 Å². The first-order valence-corrected chi connectivity index (χ1v) is 3.09. The molecule has 0 unspecified atom stereocenters. The Morgan fingerprint density at radius 2 is 2.22 bits per heavy atom. The third-order valence-corrected chi connectivity index (χ3v) is 1.00. The molecular weight excluding hydrogens is 112 g/mol. The van der Waals surface area contributed by atoms with Crippen LogP contribution in [0.5, 0.6) is 0 Å². The minimum absolute atomic E-state index is 0.705. The number of rotatable bonds is 3. The van der Waals surface area contributed by atoms with Gasteiger partial charge in [-0.1, -0.05) is 23.8 Å². The van der Waals surface area contributed by atoms with Crippen molar-refractivity contribution >= 4 is 0 Å². The molecule has 0 N–H and O–H groups in total. The Morgan fingerprint density at radius 1 is 1.56 bits per heavy atom. The summed E-state index contributed by atoms with van der Waals surface area (Å²) in [5.74, 6) is 0. The first-order chi connectivity index (χ1) is 4.31. The number of hydrogen-bond donors (Lipinski definition) is 0. The maximum absolute atomic E-state index is 4.85. The van der Waals surface area contributed by atoms with Crippen molar-refractivity contribution in [2.24, 2.45) is 0 Å². The van der Waals surface area contributed by atoms with Crippen LogP contribution in [0.2, 0.25) is 0 Å². The second kappa shape index (κ2) is 5.57. The van der Waals surface area contributed by atoms with Crippen molar-refractivity contribution in [1.29, 1.82) is 0 Å². The molecule has 0 rings (SSSR count). The molecule has 0 spiro atoms. The quantitative estimate of drug-likeness (QED) is 0.526. The molecule has 0 saturated heterocycles. The fourth-order valence-corrected chi connectivity index (χ4v) is 0.546. The SMILES string of the molecule is C/C=C\C(C)=C/COC. The standard InChI is InChI=1S/C8H14O/c1-4-5-8(2)6-7-9-3/h4-6H,7H2,1-3H3/b5-4-,8-6-. The Labute approximate surface area is 57.0 Å². The minimum atomic E-state index is 0.705. The van der Waals surface area contributed by atoms with Crippen LogP contribution in [0.25, 0.3) is 0 Å². The van der Waals surface area contributed by atoms with Crippen LogP contribution >= 0.6 is 0 Å². The highest BCUT2D eigenvalue weighted by Crippen LogP contribution is 1.92. The zero-order valence-corrected chi connectivity index (χ0v) is 6.35. The lowest BCUT2D eigenvalue weighted by atomic mass is 10.3. The summed E-state index contributed by atoms with van der Waals surface area (Å²) >= 11 is 0. The van der Waals surface area contributed by atoms with Gasteiger partial charge in [0.05, 0.1) is 6.61 Å². The second-order valence-corrected chi connectivity index (χ2v) is 1.90. The highest BCUT2D eigenvalue weighted by molar-refractivity contribution is 5.14. The average molecular weight is 126 g/mol. The predicted molar refractivity (Wildman–Crippen MR) is 40.4 cm³/mol. The van der Waals surface area contributed by atoms with Crippen LogP contribution in [-0.2, 0) is 4.74 Å². The highest BCUT2D eigenvalue weighted by atomic mass is 16.5. The Bertz CT molecular complexity index is 112. The molecule has 9 heavy (non-hydrogen) atoms. The van der Waals surface area contributed by atoms with E-state index in [1.165, 1.54) is 5.57 Å². The molecule has 0 aliphatic heterocycles. The van der Waals surface area contributed by atoms with Crippen molar-refractivity contribution in [3.63, 3.8) is 0 Å². The van der Waals surface area contributed by atoms with Crippen LogP contribution < -0.4 is 0 Å². The van der Waals surface area contributed by atoms with E-state index in [1.807, 2.05) is 19.1 Å². The van der Waals surface area contributed by atoms with Gasteiger partial charge in [0.1, 0.15) is 0 Å². The Hall–Kier alpha value is -0.560. The van der Waals surface area contributed by atoms with Gasteiger partial charge in [-0.25, -0.2) is 0 Å². The van der Waals surface area contributed by atoms with Crippen molar-refractivity contribution in [1.82, 2.24) is 0 Å². The van der Waals surface area contributed by atoms with E-state index in [2.05, 4.69) is 13.0 Å². The first kappa shape index (κ1) is 8.44. The molecule has 0 atom stereocenters. The fraction of sp³-hybridized carbons (Fsp3) is 0.500. The van der Waals surface area contributed by atoms with Crippen LogP contribution in [0, 0.1) is 0 Å². The third-order valence-electron chi connectivity index (χ3n) is 1.00. The van der Waals surface area contributed by atoms with Crippen molar-refractivity contribution in [3.05, 3.63) is 23.8 Å². The molecule has 0 saturated carbocycles. The molecule has 1 nitrogen and oxygen atoms in total. The maximum atomic E-state index is 4.85. The number of hydrogen-bond acceptors (Lipinski definition) is 1. The molecule has 0 fully saturated rings. The van der Waals surface area contributed by atoms with E-state index in [-0.39, 0.29) is 0 Å². The number of ether oxygens (including phenoxy) is 1. The summed E-state index contributed by atoms with van der Waals surface area (Å²) in [7, 11) is 1.69. The van der Waals surface area contributed by atoms with Crippen molar-refractivity contribution in [2.45, 2.75) is 13.8 Å². The summed E-state index contributed by atoms with van der Waals surface area (Å²) < 4.78 is 4.85. The molecular formula is C8H14O. The molecule has 0 amide bonds. The molecule has 0 heterocycles. The monoisotopic (exact) mass is 126 g/mol. The van der Waals surface area contributed by atoms with Gasteiger partial charge in [0.25, 0.3) is 0 Å². The lowest BCUT2D eigenvalue weighted by Crippen LogP contribution is -1.81. The van der Waals surface area contributed by atoms with Crippen LogP contribution in [0.4, 0.5) is 0 Å². The molecule has 0 bridgehead atoms. The second-order valence-electron chi connectivity index (χ2n) is 1.90. The first-order valence-electron chi connectivity index (χ1n) is 3.09. The number of methoxy groups -OCH3 is 1. The summed E-state index contributed by atoms with van der Waals surface area (Å²) in [6, 6.07) is 0. The van der Waals surface area contributed by atoms with Gasteiger partial charge in [-0.15, -0.1) is 0 Å². The summed E-state index contributed by atoms with van der Waals surface area (Å²) in [5.41, 5.74) is 1.25. The lowest BCUT2D eigenvalue weighted by molar-refractivity contribution is 0.233. The molecule has 0 aromatic rings. The van der Waals surface area contributed by atoms with Gasteiger partial charge in [0.2, 0.25) is 0 Å². The molecule has 0 aromatic carbocycles. The van der Waals surface area contributed by atoms with Crippen LogP contribution in [-0.4, -0.2) is 13.7 Å². The number of allylic oxidation sites excluding steroid dienone is 3. The summed E-state index contributed by atoms with van der Waals surface area (Å²) in [5, 5.41) is 0. The zero-order valence-electron chi connectivity index (χ0n) is 6.35. The van der Waals surface area contributed by atoms with E-state index < -0.39 is 0 Å². The van der Waals surface area contributed by atoms with Gasteiger partial charge in [-0.3, -0.25) is 0 Å². The Morgan fingerprint density at radius 3 is 2.67 bits per heavy atom. The molecule has 0 aliphatic rings. The topological polar surface area (TPSA) is 9.23 Å². The van der Waals surface area contributed by atoms with Crippen LogP contribution in [0.15, 0.2) is 23.8 Å². The van der Waals surface area contributed by atoms with E-state index in [0.29, 0.717) is 6.61 Å². The Kier molecular flexibility index (Phi) is 5.23. The molecule has 0 radical (unpaired) electrons. The molecule has 0 aromatic heterocycles. The van der Waals surface area contributed by atoms with E-state index in [1.54, 1.807) is 7.11 Å². The zero-order chi connectivity index (χ0) is 7.11. The third kappa shape index (κ3) is 5.31. The van der Waals surface area contributed by atoms with Crippen LogP contribution in [0.3, 0.4) is 0 Å². The largest absolute Gasteiger partial charge is 0.381 e. The van der Waals surface area contributed by atoms with Gasteiger partial charge < -0.3 is 4.74 Å². The fourth-order valence-electron chi connectivity index (χ4n) is 0.546. The van der Waals surface area contributed by atoms with Crippen molar-refractivity contribution in [3.8, 4) is 0 Å². The van der Waals surface area contributed by atoms with Gasteiger partial charge in [-0.05, 0) is 13.8 Å². The van der Waals surface area contributed by atoms with Crippen molar-refractivity contribution in [2.75, 3.05) is 13.7 Å². The Balaban J connectivity index is 3.55. The van der Waals surface area contributed by atoms with Gasteiger partial charge in [-0.2, -0.15) is 0 Å². The predicted octanol–water partition coefficient (Wildman–Crippen LogP) is 2.16. The summed E-state index contributed by atoms with van der Waals surface area (Å²) in [6.45, 7) is 4.76. The van der Waals surface area contributed by atoms with E-state index in [9.17, 15) is 0 Å². The lowest BCUT2D eigenvalue weighted by Gasteiger charge is -1.90. The molecule has 52 valence electrons. The van der Waals surface area contributed by atoms with Crippen molar-refractivity contribution < 1.29 is 4.74 Å². The molecule has 0 aliphatic carbocycles. The minimum Gasteiger partial charge on any atom is -0.381 e. The molecule has 1 heteroatoms. The van der Waals surface area contributed by atoms with Gasteiger partial charge >= 0.3 is 0 Å². The summed E-state index contributed by atoms with van der Waals surface area (Å²) in [6.07, 6.45) is 6.11. The maximum Gasteiger partial charge on any atom is 0.0649 e. The van der Waals surface area contributed by atoms with E-state index >= 15 is 0 Å². The van der Waals surface area contributed by atoms with E-state index in [0.717, 1.165) is 0 Å². The highest BCUT2D eigenvalue weighted by Gasteiger charge is 1.77. The average Bonchev–Trinajstić information content (AvgIpc) is 1.85. The smallest absolute Gasteiger partial charge is 0.0649 e. The van der Waals surface area contributed by atoms with E-state index in [4.69, 9.17) is 4.74 Å².